The van der Waals surface area contributed by atoms with Crippen molar-refractivity contribution >= 4 is 11.9 Å². The van der Waals surface area contributed by atoms with Gasteiger partial charge >= 0.3 is 24.3 Å². The van der Waals surface area contributed by atoms with Crippen LogP contribution in [0.1, 0.15) is 12.8 Å². The molecule has 0 rings (SSSR count). The summed E-state index contributed by atoms with van der Waals surface area (Å²) in [6, 6.07) is 0. The van der Waals surface area contributed by atoms with Gasteiger partial charge in [-0.05, 0) is 12.8 Å². The monoisotopic (exact) mass is 348 g/mol. The van der Waals surface area contributed by atoms with Gasteiger partial charge < -0.3 is 9.47 Å². The van der Waals surface area contributed by atoms with Crippen molar-refractivity contribution in [1.82, 2.24) is 0 Å². The first-order valence-corrected chi connectivity index (χ1v) is 6.07. The Labute approximate surface area is 127 Å². The standard InChI is InChI=1S/C13H14F6O4/c1-3-5-11(6-4-2,9(20)22-7-12(14,15)16)10(21)23-8-13(17,18)19/h3-4H,1-2,5-8H2. The van der Waals surface area contributed by atoms with Gasteiger partial charge in [0, 0.05) is 0 Å². The molecule has 0 aromatic heterocycles. The molecule has 0 saturated heterocycles. The molecular formula is C13H14F6O4. The van der Waals surface area contributed by atoms with Crippen molar-refractivity contribution in [2.75, 3.05) is 13.2 Å². The van der Waals surface area contributed by atoms with Crippen LogP contribution in [0.4, 0.5) is 26.3 Å². The van der Waals surface area contributed by atoms with E-state index >= 15 is 0 Å². The van der Waals surface area contributed by atoms with Crippen LogP contribution in [0, 0.1) is 5.41 Å². The Balaban J connectivity index is 5.35. The number of ether oxygens (including phenoxy) is 2. The zero-order valence-electron chi connectivity index (χ0n) is 11.8. The number of halogens is 6. The summed E-state index contributed by atoms with van der Waals surface area (Å²) in [6.07, 6.45) is -8.92. The van der Waals surface area contributed by atoms with Gasteiger partial charge in [0.1, 0.15) is 0 Å². The Morgan fingerprint density at radius 1 is 0.783 bits per heavy atom. The van der Waals surface area contributed by atoms with Crippen LogP contribution in [0.25, 0.3) is 0 Å². The van der Waals surface area contributed by atoms with Crippen LogP contribution >= 0.6 is 0 Å². The molecule has 0 aromatic rings. The summed E-state index contributed by atoms with van der Waals surface area (Å²) >= 11 is 0. The zero-order chi connectivity index (χ0) is 18.3. The third-order valence-electron chi connectivity index (χ3n) is 2.50. The van der Waals surface area contributed by atoms with Crippen LogP contribution < -0.4 is 0 Å². The highest BCUT2D eigenvalue weighted by Gasteiger charge is 2.49. The van der Waals surface area contributed by atoms with Gasteiger partial charge in [-0.1, -0.05) is 12.2 Å². The molecule has 0 aliphatic rings. The van der Waals surface area contributed by atoms with Crippen molar-refractivity contribution in [2.24, 2.45) is 5.41 Å². The summed E-state index contributed by atoms with van der Waals surface area (Å²) < 4.78 is 80.6. The number of rotatable bonds is 8. The molecule has 0 heterocycles. The molecule has 0 aromatic carbocycles. The first kappa shape index (κ1) is 21.0. The first-order chi connectivity index (χ1) is 10.4. The number of alkyl halides is 6. The SMILES string of the molecule is C=CCC(CC=C)(C(=O)OCC(F)(F)F)C(=O)OCC(F)(F)F. The van der Waals surface area contributed by atoms with E-state index < -0.39 is 55.8 Å². The maximum absolute atomic E-state index is 12.1. The van der Waals surface area contributed by atoms with E-state index in [1.165, 1.54) is 0 Å². The number of esters is 2. The molecule has 0 saturated carbocycles. The lowest BCUT2D eigenvalue weighted by Crippen LogP contribution is -2.43. The van der Waals surface area contributed by atoms with E-state index in [0.717, 1.165) is 12.2 Å². The Bertz CT molecular complexity index is 410. The molecule has 0 spiro atoms. The molecule has 0 fully saturated rings. The molecule has 10 heteroatoms. The summed E-state index contributed by atoms with van der Waals surface area (Å²) in [5.41, 5.74) is -2.40. The predicted octanol–water partition coefficient (Wildman–Crippen LogP) is 3.34. The van der Waals surface area contributed by atoms with Crippen molar-refractivity contribution < 1.29 is 45.4 Å². The second-order valence-electron chi connectivity index (χ2n) is 4.45. The second-order valence-corrected chi connectivity index (χ2v) is 4.45. The number of hydrogen-bond acceptors (Lipinski definition) is 4. The third-order valence-corrected chi connectivity index (χ3v) is 2.50. The molecule has 0 bridgehead atoms. The minimum absolute atomic E-state index is 0.577. The molecule has 0 aliphatic heterocycles. The van der Waals surface area contributed by atoms with Crippen LogP contribution in [0.15, 0.2) is 25.3 Å². The van der Waals surface area contributed by atoms with Gasteiger partial charge in [0.25, 0.3) is 0 Å². The molecule has 0 atom stereocenters. The molecule has 132 valence electrons. The third kappa shape index (κ3) is 7.20. The summed E-state index contributed by atoms with van der Waals surface area (Å²) in [5, 5.41) is 0. The van der Waals surface area contributed by atoms with E-state index in [2.05, 4.69) is 22.6 Å². The van der Waals surface area contributed by atoms with Gasteiger partial charge in [0.05, 0.1) is 0 Å². The van der Waals surface area contributed by atoms with Crippen LogP contribution in [0.3, 0.4) is 0 Å². The minimum Gasteiger partial charge on any atom is -0.455 e. The number of carbonyl (C=O) groups is 2. The fraction of sp³-hybridized carbons (Fsp3) is 0.538. The van der Waals surface area contributed by atoms with E-state index in [1.807, 2.05) is 0 Å². The Kier molecular flexibility index (Phi) is 7.32. The number of carbonyl (C=O) groups excluding carboxylic acids is 2. The molecule has 23 heavy (non-hydrogen) atoms. The van der Waals surface area contributed by atoms with Gasteiger partial charge in [-0.2, -0.15) is 26.3 Å². The molecular weight excluding hydrogens is 334 g/mol. The van der Waals surface area contributed by atoms with Gasteiger partial charge in [-0.15, -0.1) is 13.2 Å². The average Bonchev–Trinajstić information content (AvgIpc) is 2.40. The lowest BCUT2D eigenvalue weighted by Gasteiger charge is -2.27. The summed E-state index contributed by atoms with van der Waals surface area (Å²) in [5.74, 6) is -3.33. The molecule has 0 unspecified atom stereocenters. The highest BCUT2D eigenvalue weighted by molar-refractivity contribution is 6.00. The highest BCUT2D eigenvalue weighted by Crippen LogP contribution is 2.33. The Morgan fingerprint density at radius 3 is 1.30 bits per heavy atom. The van der Waals surface area contributed by atoms with Crippen LogP contribution in [-0.2, 0) is 19.1 Å². The highest BCUT2D eigenvalue weighted by atomic mass is 19.4. The van der Waals surface area contributed by atoms with E-state index in [1.54, 1.807) is 0 Å². The first-order valence-electron chi connectivity index (χ1n) is 6.07. The second kappa shape index (κ2) is 8.02. The van der Waals surface area contributed by atoms with Gasteiger partial charge in [0.15, 0.2) is 18.6 Å². The topological polar surface area (TPSA) is 52.6 Å². The molecule has 0 radical (unpaired) electrons. The summed E-state index contributed by atoms with van der Waals surface area (Å²) in [7, 11) is 0. The van der Waals surface area contributed by atoms with Gasteiger partial charge in [0.2, 0.25) is 0 Å². The van der Waals surface area contributed by atoms with Crippen molar-refractivity contribution in [3.8, 4) is 0 Å². The largest absolute Gasteiger partial charge is 0.455 e. The fourth-order valence-corrected chi connectivity index (χ4v) is 1.56. The average molecular weight is 348 g/mol. The zero-order valence-corrected chi connectivity index (χ0v) is 11.8. The van der Waals surface area contributed by atoms with E-state index in [9.17, 15) is 35.9 Å². The number of allylic oxidation sites excluding steroid dienone is 2. The Morgan fingerprint density at radius 2 is 1.09 bits per heavy atom. The van der Waals surface area contributed by atoms with Crippen LogP contribution in [0.5, 0.6) is 0 Å². The van der Waals surface area contributed by atoms with Gasteiger partial charge in [-0.3, -0.25) is 9.59 Å². The van der Waals surface area contributed by atoms with Crippen LogP contribution in [0.2, 0.25) is 0 Å². The minimum atomic E-state index is -4.86. The smallest absolute Gasteiger partial charge is 0.422 e. The Hall–Kier alpha value is -2.00. The molecule has 0 aliphatic carbocycles. The van der Waals surface area contributed by atoms with E-state index in [-0.39, 0.29) is 0 Å². The molecule has 4 nitrogen and oxygen atoms in total. The lowest BCUT2D eigenvalue weighted by molar-refractivity contribution is -0.206. The lowest BCUT2D eigenvalue weighted by atomic mass is 9.81. The van der Waals surface area contributed by atoms with Gasteiger partial charge in [-0.25, -0.2) is 0 Å². The normalized spacial score (nSPS) is 12.4. The van der Waals surface area contributed by atoms with Crippen molar-refractivity contribution in [3.63, 3.8) is 0 Å². The maximum atomic E-state index is 12.1. The predicted molar refractivity (Wildman–Crippen MR) is 66.1 cm³/mol. The molecule has 0 N–H and O–H groups in total. The van der Waals surface area contributed by atoms with Crippen LogP contribution in [-0.4, -0.2) is 37.5 Å². The van der Waals surface area contributed by atoms with Crippen molar-refractivity contribution in [2.45, 2.75) is 25.2 Å². The van der Waals surface area contributed by atoms with Crippen molar-refractivity contribution in [1.29, 1.82) is 0 Å². The quantitative estimate of drug-likeness (QED) is 0.292. The number of hydrogen-bond donors (Lipinski definition) is 0. The molecule has 0 amide bonds. The van der Waals surface area contributed by atoms with Crippen molar-refractivity contribution in [3.05, 3.63) is 25.3 Å². The van der Waals surface area contributed by atoms with E-state index in [4.69, 9.17) is 0 Å². The summed E-state index contributed by atoms with van der Waals surface area (Å²) in [6.45, 7) is 2.45. The maximum Gasteiger partial charge on any atom is 0.422 e. The summed E-state index contributed by atoms with van der Waals surface area (Å²) in [4.78, 5) is 23.7. The van der Waals surface area contributed by atoms with E-state index in [0.29, 0.717) is 0 Å². The fourth-order valence-electron chi connectivity index (χ4n) is 1.56.